The first kappa shape index (κ1) is 15.6. The fourth-order valence-corrected chi connectivity index (χ4v) is 2.84. The van der Waals surface area contributed by atoms with Crippen molar-refractivity contribution in [3.05, 3.63) is 35.8 Å². The second-order valence-corrected chi connectivity index (χ2v) is 6.15. The van der Waals surface area contributed by atoms with Gasteiger partial charge in [0.05, 0.1) is 38.9 Å². The quantitative estimate of drug-likeness (QED) is 0.460. The van der Waals surface area contributed by atoms with Gasteiger partial charge in [-0.25, -0.2) is 0 Å². The van der Waals surface area contributed by atoms with Gasteiger partial charge < -0.3 is 10.2 Å². The number of likely N-dealkylation sites (tertiary alicyclic amines) is 1. The monoisotopic (exact) mass is 290 g/mol. The van der Waals surface area contributed by atoms with E-state index in [-0.39, 0.29) is 0 Å². The Hall–Kier alpha value is -1.75. The Morgan fingerprint density at radius 1 is 1.38 bits per heavy atom. The van der Waals surface area contributed by atoms with Crippen LogP contribution in [0.2, 0.25) is 0 Å². The smallest absolute Gasteiger partial charge is 0.102 e. The largest absolute Gasteiger partial charge is 0.401 e. The van der Waals surface area contributed by atoms with Gasteiger partial charge in [0, 0.05) is 11.9 Å². The fraction of sp³-hybridized carbons (Fsp3) is 0.562. The van der Waals surface area contributed by atoms with Gasteiger partial charge in [-0.15, -0.1) is 0 Å². The molecule has 21 heavy (non-hydrogen) atoms. The number of hydrogen-bond donors (Lipinski definition) is 2. The van der Waals surface area contributed by atoms with Crippen molar-refractivity contribution in [3.8, 4) is 0 Å². The predicted octanol–water partition coefficient (Wildman–Crippen LogP) is 1.73. The first-order chi connectivity index (χ1) is 10.1. The highest BCUT2D eigenvalue weighted by atomic mass is 15.5. The van der Waals surface area contributed by atoms with E-state index in [1.165, 1.54) is 32.4 Å². The van der Waals surface area contributed by atoms with Crippen LogP contribution in [-0.4, -0.2) is 49.1 Å². The van der Waals surface area contributed by atoms with Crippen molar-refractivity contribution in [2.45, 2.75) is 26.2 Å². The Labute approximate surface area is 128 Å². The summed E-state index contributed by atoms with van der Waals surface area (Å²) in [6.45, 7) is 6.46. The van der Waals surface area contributed by atoms with Crippen LogP contribution in [0.15, 0.2) is 40.8 Å². The number of quaternary nitrogens is 1. The average Bonchev–Trinajstić information content (AvgIpc) is 2.48. The van der Waals surface area contributed by atoms with Gasteiger partial charge in [-0.1, -0.05) is 6.08 Å². The first-order valence-corrected chi connectivity index (χ1v) is 7.79. The molecule has 0 spiro atoms. The molecule has 1 fully saturated rings. The van der Waals surface area contributed by atoms with Crippen LogP contribution in [0.4, 0.5) is 0 Å². The van der Waals surface area contributed by atoms with Crippen molar-refractivity contribution >= 4 is 6.34 Å². The molecule has 0 aromatic carbocycles. The number of rotatable bonds is 5. The highest BCUT2D eigenvalue weighted by Gasteiger charge is 2.23. The number of nitrogens with two attached hydrogens (primary N) is 1. The molecule has 0 radical (unpaired) electrons. The molecular formula is C16H28N5+. The van der Waals surface area contributed by atoms with E-state index in [9.17, 15) is 0 Å². The van der Waals surface area contributed by atoms with Crippen LogP contribution in [0.25, 0.3) is 0 Å². The van der Waals surface area contributed by atoms with Crippen LogP contribution >= 0.6 is 0 Å². The van der Waals surface area contributed by atoms with Gasteiger partial charge in [0.15, 0.2) is 0 Å². The van der Waals surface area contributed by atoms with Crippen LogP contribution in [0, 0.1) is 0 Å². The Morgan fingerprint density at radius 2 is 2.14 bits per heavy atom. The van der Waals surface area contributed by atoms with Crippen LogP contribution in [0.3, 0.4) is 0 Å². The maximum atomic E-state index is 5.87. The van der Waals surface area contributed by atoms with E-state index in [0.717, 1.165) is 29.0 Å². The molecule has 116 valence electrons. The number of likely N-dealkylation sites (N-methyl/N-ethyl adjacent to an activating group) is 1. The molecule has 1 saturated heterocycles. The molecule has 0 saturated carbocycles. The first-order valence-electron chi connectivity index (χ1n) is 7.79. The minimum Gasteiger partial charge on any atom is -0.401 e. The number of allylic oxidation sites excluding steroid dienone is 4. The second kappa shape index (κ2) is 7.31. The van der Waals surface area contributed by atoms with Crippen LogP contribution < -0.4 is 11.2 Å². The third-order valence-electron chi connectivity index (χ3n) is 4.22. The van der Waals surface area contributed by atoms with Gasteiger partial charge in [-0.05, 0) is 38.3 Å². The lowest BCUT2D eigenvalue weighted by Crippen LogP contribution is -2.49. The summed E-state index contributed by atoms with van der Waals surface area (Å²) in [5, 5.41) is 1.88. The molecule has 0 aromatic rings. The lowest BCUT2D eigenvalue weighted by molar-refractivity contribution is -0.912. The van der Waals surface area contributed by atoms with Gasteiger partial charge in [-0.3, -0.25) is 15.4 Å². The highest BCUT2D eigenvalue weighted by Crippen LogP contribution is 2.15. The molecule has 0 aliphatic carbocycles. The van der Waals surface area contributed by atoms with Crippen molar-refractivity contribution in [1.82, 2.24) is 10.4 Å². The summed E-state index contributed by atoms with van der Waals surface area (Å²) in [5.41, 5.74) is 10.8. The van der Waals surface area contributed by atoms with Crippen molar-refractivity contribution in [3.63, 3.8) is 0 Å². The second-order valence-electron chi connectivity index (χ2n) is 6.15. The molecule has 2 heterocycles. The van der Waals surface area contributed by atoms with Crippen molar-refractivity contribution in [2.24, 2.45) is 10.7 Å². The van der Waals surface area contributed by atoms with E-state index in [1.807, 2.05) is 36.4 Å². The molecule has 0 aromatic heterocycles. The van der Waals surface area contributed by atoms with E-state index in [2.05, 4.69) is 17.5 Å². The van der Waals surface area contributed by atoms with Gasteiger partial charge in [-0.2, -0.15) is 0 Å². The van der Waals surface area contributed by atoms with Crippen molar-refractivity contribution < 1.29 is 4.48 Å². The molecule has 0 atom stereocenters. The van der Waals surface area contributed by atoms with Crippen LogP contribution in [0.5, 0.6) is 0 Å². The summed E-state index contributed by atoms with van der Waals surface area (Å²) < 4.78 is 1.16. The number of aliphatic imine (C=N–C) groups is 1. The third kappa shape index (κ3) is 4.63. The molecule has 5 heteroatoms. The number of nitrogens with one attached hydrogen (secondary N) is 1. The molecular weight excluding hydrogens is 262 g/mol. The topological polar surface area (TPSA) is 53.6 Å². The van der Waals surface area contributed by atoms with Crippen LogP contribution in [-0.2, 0) is 0 Å². The minimum atomic E-state index is 0.780. The summed E-state index contributed by atoms with van der Waals surface area (Å²) in [6, 6.07) is 0. The number of piperidine rings is 1. The van der Waals surface area contributed by atoms with E-state index >= 15 is 0 Å². The number of nitrogens with zero attached hydrogens (tertiary/aromatic N) is 3. The summed E-state index contributed by atoms with van der Waals surface area (Å²) >= 11 is 0. The molecule has 3 N–H and O–H groups in total. The van der Waals surface area contributed by atoms with E-state index < -0.39 is 0 Å². The minimum absolute atomic E-state index is 0.780. The van der Waals surface area contributed by atoms with Gasteiger partial charge in [0.25, 0.3) is 0 Å². The summed E-state index contributed by atoms with van der Waals surface area (Å²) in [4.78, 5) is 4.48. The fourth-order valence-electron chi connectivity index (χ4n) is 2.84. The van der Waals surface area contributed by atoms with Crippen molar-refractivity contribution in [2.75, 3.05) is 33.2 Å². The third-order valence-corrected chi connectivity index (χ3v) is 4.22. The highest BCUT2D eigenvalue weighted by molar-refractivity contribution is 5.54. The van der Waals surface area contributed by atoms with E-state index in [4.69, 9.17) is 5.73 Å². The average molecular weight is 290 g/mol. The maximum absolute atomic E-state index is 5.87. The Kier molecular flexibility index (Phi) is 5.44. The summed E-state index contributed by atoms with van der Waals surface area (Å²) in [7, 11) is 2.35. The van der Waals surface area contributed by atoms with Crippen LogP contribution in [0.1, 0.15) is 26.2 Å². The molecule has 2 aliphatic heterocycles. The molecule has 2 aliphatic rings. The van der Waals surface area contributed by atoms with Crippen molar-refractivity contribution in [1.29, 1.82) is 0 Å². The standard InChI is InChI=1S/C16H28N5/c1-15(17)16-8-4-5-10-20(16)19-14-18-9-13-21(2)11-6-3-7-12-21/h4-5,8,10,14H,3,6-7,9,11-13,17H2,1-2H3,(H,18,19)/q+1/b16-15+. The zero-order valence-corrected chi connectivity index (χ0v) is 13.3. The number of hydrazine groups is 1. The molecule has 2 rings (SSSR count). The number of hydrogen-bond acceptors (Lipinski definition) is 3. The molecule has 5 nitrogen and oxygen atoms in total. The molecule has 0 amide bonds. The SMILES string of the molecule is C/C(N)=C1/C=CC=CN1NC=NCC[N+]1(C)CCCCC1. The Bertz CT molecular complexity index is 451. The Balaban J connectivity index is 1.76. The maximum Gasteiger partial charge on any atom is 0.102 e. The molecule has 0 bridgehead atoms. The van der Waals surface area contributed by atoms with E-state index in [1.54, 1.807) is 6.34 Å². The lowest BCUT2D eigenvalue weighted by atomic mass is 10.1. The zero-order chi connectivity index (χ0) is 15.1. The summed E-state index contributed by atoms with van der Waals surface area (Å²) in [5.74, 6) is 0. The van der Waals surface area contributed by atoms with E-state index in [0.29, 0.717) is 0 Å². The zero-order valence-electron chi connectivity index (χ0n) is 13.3. The predicted molar refractivity (Wildman–Crippen MR) is 88.1 cm³/mol. The van der Waals surface area contributed by atoms with Gasteiger partial charge in [0.1, 0.15) is 6.34 Å². The van der Waals surface area contributed by atoms with Gasteiger partial charge >= 0.3 is 0 Å². The lowest BCUT2D eigenvalue weighted by Gasteiger charge is -2.37. The normalized spacial score (nSPS) is 23.6. The van der Waals surface area contributed by atoms with Gasteiger partial charge in [0.2, 0.25) is 0 Å². The summed E-state index contributed by atoms with van der Waals surface area (Å²) in [6.07, 6.45) is 13.7. The Morgan fingerprint density at radius 3 is 2.86 bits per heavy atom. The molecule has 0 unspecified atom stereocenters.